The fourth-order valence-electron chi connectivity index (χ4n) is 2.09. The molecule has 132 valence electrons. The Morgan fingerprint density at radius 2 is 1.80 bits per heavy atom. The van der Waals surface area contributed by atoms with E-state index < -0.39 is 5.82 Å². The van der Waals surface area contributed by atoms with Gasteiger partial charge in [-0.25, -0.2) is 13.8 Å². The van der Waals surface area contributed by atoms with Crippen molar-refractivity contribution in [1.82, 2.24) is 10.6 Å². The van der Waals surface area contributed by atoms with Crippen LogP contribution in [0.1, 0.15) is 23.6 Å². The van der Waals surface area contributed by atoms with Crippen LogP contribution in [0.5, 0.6) is 0 Å². The number of halogens is 3. The lowest BCUT2D eigenvalue weighted by molar-refractivity contribution is 0.604. The molecular weight excluding hydrogens is 437 g/mol. The molecule has 0 radical (unpaired) electrons. The third-order valence-electron chi connectivity index (χ3n) is 3.33. The van der Waals surface area contributed by atoms with Crippen molar-refractivity contribution >= 4 is 29.9 Å². The fraction of sp³-hybridized carbons (Fsp3) is 0.222. The van der Waals surface area contributed by atoms with Crippen molar-refractivity contribution in [2.24, 2.45) is 4.99 Å². The van der Waals surface area contributed by atoms with Crippen LogP contribution in [0.2, 0.25) is 0 Å². The van der Waals surface area contributed by atoms with Gasteiger partial charge in [0.2, 0.25) is 0 Å². The summed E-state index contributed by atoms with van der Waals surface area (Å²) in [5.41, 5.74) is 1.23. The summed E-state index contributed by atoms with van der Waals surface area (Å²) in [6.45, 7) is 2.86. The van der Waals surface area contributed by atoms with E-state index in [-0.39, 0.29) is 42.9 Å². The molecule has 2 N–H and O–H groups in total. The molecule has 4 nitrogen and oxygen atoms in total. The van der Waals surface area contributed by atoms with Crippen LogP contribution in [-0.4, -0.2) is 12.5 Å². The van der Waals surface area contributed by atoms with Gasteiger partial charge in [-0.05, 0) is 31.2 Å². The van der Waals surface area contributed by atoms with Gasteiger partial charge in [-0.15, -0.1) is 24.0 Å². The molecule has 0 aromatic heterocycles. The third kappa shape index (κ3) is 6.31. The first-order chi connectivity index (χ1) is 11.6. The Bertz CT molecular complexity index is 772. The molecule has 0 unspecified atom stereocenters. The zero-order valence-corrected chi connectivity index (χ0v) is 16.1. The van der Waals surface area contributed by atoms with Gasteiger partial charge in [-0.3, -0.25) is 0 Å². The summed E-state index contributed by atoms with van der Waals surface area (Å²) in [6.07, 6.45) is 0. The molecule has 7 heteroatoms. The molecule has 0 bridgehead atoms. The van der Waals surface area contributed by atoms with Gasteiger partial charge in [0.05, 0.1) is 18.2 Å². The number of nitriles is 1. The molecule has 2 rings (SSSR count). The smallest absolute Gasteiger partial charge is 0.191 e. The molecule has 0 fully saturated rings. The zero-order chi connectivity index (χ0) is 17.4. The van der Waals surface area contributed by atoms with Crippen molar-refractivity contribution in [2.45, 2.75) is 20.0 Å². The third-order valence-corrected chi connectivity index (χ3v) is 3.33. The van der Waals surface area contributed by atoms with Crippen molar-refractivity contribution in [2.75, 3.05) is 6.54 Å². The molecule has 2 aromatic carbocycles. The summed E-state index contributed by atoms with van der Waals surface area (Å²) < 4.78 is 27.4. The van der Waals surface area contributed by atoms with Crippen molar-refractivity contribution in [3.05, 3.63) is 70.8 Å². The predicted molar refractivity (Wildman–Crippen MR) is 105 cm³/mol. The van der Waals surface area contributed by atoms with Crippen molar-refractivity contribution < 1.29 is 8.78 Å². The van der Waals surface area contributed by atoms with E-state index >= 15 is 0 Å². The van der Waals surface area contributed by atoms with Gasteiger partial charge in [0.1, 0.15) is 11.6 Å². The average molecular weight is 456 g/mol. The zero-order valence-electron chi connectivity index (χ0n) is 13.7. The van der Waals surface area contributed by atoms with Crippen LogP contribution in [0, 0.1) is 23.0 Å². The van der Waals surface area contributed by atoms with Crippen molar-refractivity contribution in [1.29, 1.82) is 5.26 Å². The summed E-state index contributed by atoms with van der Waals surface area (Å²) in [4.78, 5) is 4.29. The van der Waals surface area contributed by atoms with Gasteiger partial charge in [-0.2, -0.15) is 5.26 Å². The van der Waals surface area contributed by atoms with E-state index in [0.29, 0.717) is 29.2 Å². The van der Waals surface area contributed by atoms with Crippen LogP contribution in [0.25, 0.3) is 0 Å². The molecule has 0 spiro atoms. The van der Waals surface area contributed by atoms with Gasteiger partial charge < -0.3 is 10.6 Å². The number of hydrogen-bond donors (Lipinski definition) is 2. The van der Waals surface area contributed by atoms with Gasteiger partial charge in [-0.1, -0.05) is 18.2 Å². The monoisotopic (exact) mass is 456 g/mol. The topological polar surface area (TPSA) is 60.2 Å². The Labute approximate surface area is 163 Å². The molecule has 0 saturated carbocycles. The highest BCUT2D eigenvalue weighted by molar-refractivity contribution is 14.0. The Kier molecular flexibility index (Phi) is 8.84. The fourth-order valence-corrected chi connectivity index (χ4v) is 2.09. The highest BCUT2D eigenvalue weighted by Gasteiger charge is 2.05. The standard InChI is InChI=1S/C18H18F2N4.HI/c1-2-22-18(23-11-14-5-3-4-6-16(14)19)24-12-15-9-13(10-21)7-8-17(15)20;/h3-9H,2,11-12H2,1H3,(H2,22,23,24);1H. The average Bonchev–Trinajstić information content (AvgIpc) is 2.60. The molecular formula is C18H19F2IN4. The highest BCUT2D eigenvalue weighted by atomic mass is 127. The lowest BCUT2D eigenvalue weighted by atomic mass is 10.1. The van der Waals surface area contributed by atoms with E-state index in [1.54, 1.807) is 18.2 Å². The highest BCUT2D eigenvalue weighted by Crippen LogP contribution is 2.11. The van der Waals surface area contributed by atoms with Gasteiger partial charge >= 0.3 is 0 Å². The van der Waals surface area contributed by atoms with E-state index in [2.05, 4.69) is 15.6 Å². The summed E-state index contributed by atoms with van der Waals surface area (Å²) >= 11 is 0. The summed E-state index contributed by atoms with van der Waals surface area (Å²) in [5.74, 6) is -0.265. The molecule has 0 saturated heterocycles. The maximum atomic E-state index is 13.8. The number of nitrogens with one attached hydrogen (secondary N) is 2. The second-order valence-corrected chi connectivity index (χ2v) is 5.06. The van der Waals surface area contributed by atoms with Crippen LogP contribution in [0.4, 0.5) is 8.78 Å². The first-order valence-electron chi connectivity index (χ1n) is 7.58. The second kappa shape index (κ2) is 10.6. The minimum atomic E-state index is -0.414. The number of guanidine groups is 1. The first kappa shape index (κ1) is 20.8. The summed E-state index contributed by atoms with van der Waals surface area (Å²) in [5, 5.41) is 14.9. The first-order valence-corrected chi connectivity index (χ1v) is 7.58. The maximum absolute atomic E-state index is 13.8. The molecule has 2 aromatic rings. The quantitative estimate of drug-likeness (QED) is 0.410. The summed E-state index contributed by atoms with van der Waals surface area (Å²) in [6, 6.07) is 12.6. The minimum absolute atomic E-state index is 0. The van der Waals surface area contributed by atoms with Crippen LogP contribution in [0.15, 0.2) is 47.5 Å². The molecule has 0 aliphatic rings. The van der Waals surface area contributed by atoms with Gasteiger partial charge in [0.15, 0.2) is 5.96 Å². The van der Waals surface area contributed by atoms with Gasteiger partial charge in [0, 0.05) is 24.2 Å². The Balaban J connectivity index is 0.00000312. The van der Waals surface area contributed by atoms with E-state index in [4.69, 9.17) is 5.26 Å². The Morgan fingerprint density at radius 1 is 1.08 bits per heavy atom. The SMILES string of the molecule is CCNC(=NCc1cc(C#N)ccc1F)NCc1ccccc1F.I. The van der Waals surface area contributed by atoms with Crippen LogP contribution in [0.3, 0.4) is 0 Å². The Morgan fingerprint density at radius 3 is 2.48 bits per heavy atom. The predicted octanol–water partition coefficient (Wildman–Crippen LogP) is 3.71. The molecule has 0 heterocycles. The summed E-state index contributed by atoms with van der Waals surface area (Å²) in [7, 11) is 0. The minimum Gasteiger partial charge on any atom is -0.357 e. The maximum Gasteiger partial charge on any atom is 0.191 e. The molecule has 0 atom stereocenters. The van der Waals surface area contributed by atoms with E-state index in [1.165, 1.54) is 24.3 Å². The van der Waals surface area contributed by atoms with Crippen molar-refractivity contribution in [3.8, 4) is 6.07 Å². The molecule has 25 heavy (non-hydrogen) atoms. The number of nitrogens with zero attached hydrogens (tertiary/aromatic N) is 2. The van der Waals surface area contributed by atoms with Crippen LogP contribution >= 0.6 is 24.0 Å². The van der Waals surface area contributed by atoms with E-state index in [0.717, 1.165) is 0 Å². The van der Waals surface area contributed by atoms with E-state index in [1.807, 2.05) is 13.0 Å². The number of hydrogen-bond acceptors (Lipinski definition) is 2. The van der Waals surface area contributed by atoms with Gasteiger partial charge in [0.25, 0.3) is 0 Å². The molecule has 0 amide bonds. The normalized spacial score (nSPS) is 10.6. The van der Waals surface area contributed by atoms with E-state index in [9.17, 15) is 8.78 Å². The number of rotatable bonds is 5. The van der Waals surface area contributed by atoms with Crippen molar-refractivity contribution in [3.63, 3.8) is 0 Å². The molecule has 0 aliphatic heterocycles. The molecule has 0 aliphatic carbocycles. The lowest BCUT2D eigenvalue weighted by Gasteiger charge is -2.12. The largest absolute Gasteiger partial charge is 0.357 e. The number of benzene rings is 2. The number of aliphatic imine (C=N–C) groups is 1. The second-order valence-electron chi connectivity index (χ2n) is 5.06. The van der Waals surface area contributed by atoms with Crippen LogP contribution < -0.4 is 10.6 Å². The Hall–Kier alpha value is -2.21. The lowest BCUT2D eigenvalue weighted by Crippen LogP contribution is -2.37. The van der Waals surface area contributed by atoms with Crippen LogP contribution in [-0.2, 0) is 13.1 Å².